The van der Waals surface area contributed by atoms with Gasteiger partial charge < -0.3 is 4.55 Å². The van der Waals surface area contributed by atoms with Gasteiger partial charge in [0.2, 0.25) is 0 Å². The summed E-state index contributed by atoms with van der Waals surface area (Å²) in [4.78, 5) is 2.83. The predicted octanol–water partition coefficient (Wildman–Crippen LogP) is 3.17. The second-order valence-corrected chi connectivity index (χ2v) is 5.73. The summed E-state index contributed by atoms with van der Waals surface area (Å²) in [5.41, 5.74) is 5.48. The van der Waals surface area contributed by atoms with Crippen LogP contribution in [-0.4, -0.2) is 18.5 Å². The van der Waals surface area contributed by atoms with E-state index in [2.05, 4.69) is 10.0 Å². The van der Waals surface area contributed by atoms with Crippen molar-refractivity contribution in [2.24, 2.45) is 12.2 Å². The number of rotatable bonds is 2. The number of benzene rings is 1. The molecule has 0 aliphatic carbocycles. The lowest BCUT2D eigenvalue weighted by atomic mass is 10.1. The van der Waals surface area contributed by atoms with Crippen molar-refractivity contribution in [3.05, 3.63) is 59.2 Å². The fourth-order valence-electron chi connectivity index (χ4n) is 1.53. The minimum Gasteiger partial charge on any atom is -0.741 e. The molecule has 1 heterocycles. The molecule has 0 bridgehead atoms. The number of hydrogen-bond donors (Lipinski definition) is 0. The Morgan fingerprint density at radius 2 is 1.67 bits per heavy atom. The first-order chi connectivity index (χ1) is 11.1. The minimum absolute atomic E-state index is 0.652. The van der Waals surface area contributed by atoms with Gasteiger partial charge in [0.1, 0.15) is 7.05 Å². The largest absolute Gasteiger partial charge is 0.741 e. The third-order valence-electron chi connectivity index (χ3n) is 2.63. The number of hydrogen-bond acceptors (Lipinski definition) is 4. The van der Waals surface area contributed by atoms with Gasteiger partial charge in [-0.3, -0.25) is 0 Å². The number of pyridine rings is 1. The van der Waals surface area contributed by atoms with Crippen LogP contribution in [0, 0.1) is 0 Å². The Balaban J connectivity index is 0.000000307. The first-order valence-corrected chi connectivity index (χ1v) is 7.59. The van der Waals surface area contributed by atoms with Crippen LogP contribution < -0.4 is 4.57 Å². The Morgan fingerprint density at radius 1 is 1.17 bits per heavy atom. The fraction of sp³-hybridized carbons (Fsp3) is 0.154. The van der Waals surface area contributed by atoms with Crippen molar-refractivity contribution >= 4 is 15.8 Å². The Bertz CT molecular complexity index is 846. The van der Waals surface area contributed by atoms with Gasteiger partial charge in [0, 0.05) is 22.7 Å². The maximum absolute atomic E-state index is 10.7. The number of halogens is 3. The molecule has 11 heteroatoms. The highest BCUT2D eigenvalue weighted by atomic mass is 32.2. The molecule has 2 rings (SSSR count). The van der Waals surface area contributed by atoms with Crippen LogP contribution in [0.3, 0.4) is 0 Å². The van der Waals surface area contributed by atoms with E-state index in [9.17, 15) is 13.2 Å². The summed E-state index contributed by atoms with van der Waals surface area (Å²) in [7, 11) is -4.13. The van der Waals surface area contributed by atoms with E-state index < -0.39 is 15.6 Å². The molecular weight excluding hydrogens is 349 g/mol. The summed E-state index contributed by atoms with van der Waals surface area (Å²) >= 11 is 0. The van der Waals surface area contributed by atoms with E-state index in [1.165, 1.54) is 0 Å². The average Bonchev–Trinajstić information content (AvgIpc) is 2.48. The van der Waals surface area contributed by atoms with Gasteiger partial charge in [-0.25, -0.2) is 13.0 Å². The Kier molecular flexibility index (Phi) is 6.29. The van der Waals surface area contributed by atoms with E-state index in [4.69, 9.17) is 18.5 Å². The number of alkyl halides is 3. The van der Waals surface area contributed by atoms with Crippen molar-refractivity contribution in [2.45, 2.75) is 5.51 Å². The SMILES string of the molecule is C[n+]1ccc(-c2ccccc2N=[N+]=[N-])cc1.O=S(=O)([O-])C(F)(F)F. The number of aromatic nitrogens is 1. The molecule has 128 valence electrons. The van der Waals surface area contributed by atoms with Crippen LogP contribution in [0.5, 0.6) is 0 Å². The van der Waals surface area contributed by atoms with Crippen molar-refractivity contribution < 1.29 is 30.7 Å². The molecule has 0 unspecified atom stereocenters. The maximum atomic E-state index is 10.7. The number of azide groups is 1. The topological polar surface area (TPSA) is 110 Å². The summed E-state index contributed by atoms with van der Waals surface area (Å²) in [6.07, 6.45) is 3.92. The molecule has 2 aromatic rings. The first kappa shape index (κ1) is 19.4. The van der Waals surface area contributed by atoms with Crippen molar-refractivity contribution in [3.8, 4) is 11.1 Å². The highest BCUT2D eigenvalue weighted by Crippen LogP contribution is 2.29. The van der Waals surface area contributed by atoms with Crippen LogP contribution in [0.25, 0.3) is 21.6 Å². The summed E-state index contributed by atoms with van der Waals surface area (Å²) in [5.74, 6) is 0. The van der Waals surface area contributed by atoms with Gasteiger partial charge in [0.15, 0.2) is 22.5 Å². The summed E-state index contributed by atoms with van der Waals surface area (Å²) < 4.78 is 60.9. The van der Waals surface area contributed by atoms with Crippen LogP contribution in [0.2, 0.25) is 0 Å². The predicted molar refractivity (Wildman–Crippen MR) is 77.6 cm³/mol. The molecule has 24 heavy (non-hydrogen) atoms. The van der Waals surface area contributed by atoms with Crippen molar-refractivity contribution in [2.75, 3.05) is 0 Å². The zero-order valence-electron chi connectivity index (χ0n) is 12.2. The Labute approximate surface area is 135 Å². The van der Waals surface area contributed by atoms with Gasteiger partial charge in [0.05, 0.1) is 0 Å². The van der Waals surface area contributed by atoms with Crippen molar-refractivity contribution in [1.29, 1.82) is 0 Å². The van der Waals surface area contributed by atoms with Crippen LogP contribution in [-0.2, 0) is 17.2 Å². The highest BCUT2D eigenvalue weighted by Gasteiger charge is 2.36. The lowest BCUT2D eigenvalue weighted by molar-refractivity contribution is -0.671. The summed E-state index contributed by atoms with van der Waals surface area (Å²) in [6, 6.07) is 11.5. The maximum Gasteiger partial charge on any atom is 0.485 e. The van der Waals surface area contributed by atoms with Crippen LogP contribution >= 0.6 is 0 Å². The average molecular weight is 360 g/mol. The zero-order valence-corrected chi connectivity index (χ0v) is 13.0. The fourth-order valence-corrected chi connectivity index (χ4v) is 1.53. The van der Waals surface area contributed by atoms with Gasteiger partial charge in [-0.05, 0) is 16.7 Å². The second kappa shape index (κ2) is 7.77. The molecule has 0 radical (unpaired) electrons. The summed E-state index contributed by atoms with van der Waals surface area (Å²) in [6.45, 7) is 0. The normalized spacial score (nSPS) is 11.0. The standard InChI is InChI=1S/C12H11N4.CHF3O3S/c1-16-8-6-10(7-9-16)11-4-2-3-5-12(11)14-15-13;2-1(3,4)8(5,6)7/h2-9H,1H3;(H,5,6,7)/q+1;/p-1. The van der Waals surface area contributed by atoms with E-state index >= 15 is 0 Å². The molecule has 0 fully saturated rings. The molecule has 0 saturated carbocycles. The molecule has 0 saturated heterocycles. The van der Waals surface area contributed by atoms with Crippen LogP contribution in [0.1, 0.15) is 0 Å². The summed E-state index contributed by atoms with van der Waals surface area (Å²) in [5, 5.41) is 3.68. The Morgan fingerprint density at radius 3 is 2.12 bits per heavy atom. The van der Waals surface area contributed by atoms with Crippen LogP contribution in [0.4, 0.5) is 18.9 Å². The molecular formula is C13H11F3N4O3S. The lowest BCUT2D eigenvalue weighted by Gasteiger charge is -2.08. The second-order valence-electron chi connectivity index (χ2n) is 4.36. The van der Waals surface area contributed by atoms with E-state index in [0.29, 0.717) is 5.69 Å². The molecule has 0 aliphatic heterocycles. The molecule has 0 aliphatic rings. The molecule has 0 spiro atoms. The molecule has 1 aromatic carbocycles. The minimum atomic E-state index is -6.09. The van der Waals surface area contributed by atoms with E-state index in [1.807, 2.05) is 60.4 Å². The van der Waals surface area contributed by atoms with Crippen molar-refractivity contribution in [1.82, 2.24) is 0 Å². The molecule has 0 N–H and O–H groups in total. The van der Waals surface area contributed by atoms with Gasteiger partial charge in [-0.1, -0.05) is 29.4 Å². The highest BCUT2D eigenvalue weighted by molar-refractivity contribution is 7.86. The van der Waals surface area contributed by atoms with E-state index in [-0.39, 0.29) is 0 Å². The monoisotopic (exact) mass is 360 g/mol. The molecule has 7 nitrogen and oxygen atoms in total. The molecule has 0 atom stereocenters. The molecule has 1 aromatic heterocycles. The Hall–Kier alpha value is -2.62. The molecule has 0 amide bonds. The number of nitrogens with zero attached hydrogens (tertiary/aromatic N) is 4. The van der Waals surface area contributed by atoms with Gasteiger partial charge >= 0.3 is 5.51 Å². The quantitative estimate of drug-likeness (QED) is 0.205. The van der Waals surface area contributed by atoms with Gasteiger partial charge in [-0.15, -0.1) is 0 Å². The van der Waals surface area contributed by atoms with Crippen LogP contribution in [0.15, 0.2) is 53.9 Å². The number of aryl methyl sites for hydroxylation is 1. The first-order valence-electron chi connectivity index (χ1n) is 6.18. The zero-order chi connectivity index (χ0) is 18.4. The smallest absolute Gasteiger partial charge is 0.485 e. The van der Waals surface area contributed by atoms with Gasteiger partial charge in [0.25, 0.3) is 0 Å². The third kappa shape index (κ3) is 5.54. The third-order valence-corrected chi connectivity index (χ3v) is 3.20. The van der Waals surface area contributed by atoms with E-state index in [1.54, 1.807) is 0 Å². The lowest BCUT2D eigenvalue weighted by Crippen LogP contribution is -2.25. The van der Waals surface area contributed by atoms with Gasteiger partial charge in [-0.2, -0.15) is 13.2 Å². The van der Waals surface area contributed by atoms with E-state index in [0.717, 1.165) is 11.1 Å². The van der Waals surface area contributed by atoms with Crippen molar-refractivity contribution in [3.63, 3.8) is 0 Å².